The number of sulfonamides is 1. The van der Waals surface area contributed by atoms with E-state index in [0.29, 0.717) is 10.7 Å². The molecule has 0 unspecified atom stereocenters. The fourth-order valence-electron chi connectivity index (χ4n) is 1.40. The van der Waals surface area contributed by atoms with Gasteiger partial charge in [0.15, 0.2) is 0 Å². The summed E-state index contributed by atoms with van der Waals surface area (Å²) in [7, 11) is -3.63. The van der Waals surface area contributed by atoms with Gasteiger partial charge in [-0.2, -0.15) is 0 Å². The summed E-state index contributed by atoms with van der Waals surface area (Å²) in [5.41, 5.74) is 0.631. The zero-order chi connectivity index (χ0) is 13.9. The average Bonchev–Trinajstić information content (AvgIpc) is 2.41. The largest absolute Gasteiger partial charge is 0.260 e. The first-order chi connectivity index (χ1) is 8.99. The molecular formula is C12H10Cl2N2O2S. The number of rotatable bonds is 4. The van der Waals surface area contributed by atoms with Crippen LogP contribution in [-0.2, 0) is 16.6 Å². The number of hydrogen-bond donors (Lipinski definition) is 1. The van der Waals surface area contributed by atoms with E-state index in [2.05, 4.69) is 9.71 Å². The molecule has 0 radical (unpaired) electrons. The number of nitrogens with one attached hydrogen (secondary N) is 1. The van der Waals surface area contributed by atoms with Gasteiger partial charge in [-0.05, 0) is 30.3 Å². The first-order valence-electron chi connectivity index (χ1n) is 5.34. The molecule has 0 atom stereocenters. The van der Waals surface area contributed by atoms with Crippen LogP contribution in [0.25, 0.3) is 0 Å². The summed E-state index contributed by atoms with van der Waals surface area (Å²) in [6, 6.07) is 9.43. The van der Waals surface area contributed by atoms with Crippen LogP contribution in [0, 0.1) is 0 Å². The molecule has 2 rings (SSSR count). The molecule has 0 aliphatic rings. The van der Waals surface area contributed by atoms with Crippen LogP contribution in [0.1, 0.15) is 5.69 Å². The Labute approximate surface area is 121 Å². The van der Waals surface area contributed by atoms with Crippen molar-refractivity contribution in [2.24, 2.45) is 0 Å². The predicted molar refractivity (Wildman–Crippen MR) is 74.7 cm³/mol. The number of benzene rings is 1. The lowest BCUT2D eigenvalue weighted by molar-refractivity contribution is 0.580. The first-order valence-corrected chi connectivity index (χ1v) is 7.57. The second kappa shape index (κ2) is 5.88. The van der Waals surface area contributed by atoms with E-state index in [4.69, 9.17) is 23.2 Å². The minimum Gasteiger partial charge on any atom is -0.260 e. The van der Waals surface area contributed by atoms with Crippen LogP contribution >= 0.6 is 23.2 Å². The Hall–Kier alpha value is -1.14. The molecule has 0 spiro atoms. The van der Waals surface area contributed by atoms with Gasteiger partial charge in [0.2, 0.25) is 10.0 Å². The molecule has 4 nitrogen and oxygen atoms in total. The second-order valence-electron chi connectivity index (χ2n) is 3.72. The molecule has 0 bridgehead atoms. The molecule has 1 aromatic heterocycles. The zero-order valence-corrected chi connectivity index (χ0v) is 12.0. The smallest absolute Gasteiger partial charge is 0.240 e. The first kappa shape index (κ1) is 14.3. The van der Waals surface area contributed by atoms with Crippen molar-refractivity contribution in [1.29, 1.82) is 0 Å². The summed E-state index contributed by atoms with van der Waals surface area (Å²) < 4.78 is 26.5. The van der Waals surface area contributed by atoms with E-state index < -0.39 is 10.0 Å². The van der Waals surface area contributed by atoms with Crippen LogP contribution in [0.5, 0.6) is 0 Å². The Morgan fingerprint density at radius 3 is 2.53 bits per heavy atom. The normalized spacial score (nSPS) is 11.5. The number of pyridine rings is 1. The zero-order valence-electron chi connectivity index (χ0n) is 9.68. The molecule has 0 aliphatic carbocycles. The topological polar surface area (TPSA) is 59.1 Å². The van der Waals surface area contributed by atoms with Crippen molar-refractivity contribution in [3.63, 3.8) is 0 Å². The molecule has 1 aromatic carbocycles. The van der Waals surface area contributed by atoms with Gasteiger partial charge < -0.3 is 0 Å². The maximum atomic E-state index is 12.0. The van der Waals surface area contributed by atoms with E-state index in [-0.39, 0.29) is 16.5 Å². The highest BCUT2D eigenvalue weighted by Crippen LogP contribution is 2.24. The fraction of sp³-hybridized carbons (Fsp3) is 0.0833. The number of nitrogens with zero attached hydrogens (tertiary/aromatic N) is 1. The molecule has 0 saturated carbocycles. The molecule has 100 valence electrons. The molecule has 0 amide bonds. The van der Waals surface area contributed by atoms with E-state index in [1.165, 1.54) is 18.2 Å². The van der Waals surface area contributed by atoms with E-state index >= 15 is 0 Å². The lowest BCUT2D eigenvalue weighted by atomic mass is 10.4. The molecule has 7 heteroatoms. The van der Waals surface area contributed by atoms with Crippen molar-refractivity contribution in [2.75, 3.05) is 0 Å². The molecule has 0 aliphatic heterocycles. The summed E-state index contributed by atoms with van der Waals surface area (Å²) in [6.07, 6.45) is 1.60. The Kier molecular flexibility index (Phi) is 4.42. The summed E-state index contributed by atoms with van der Waals surface area (Å²) in [5.74, 6) is 0. The number of aromatic nitrogens is 1. The van der Waals surface area contributed by atoms with Crippen molar-refractivity contribution in [3.8, 4) is 0 Å². The Morgan fingerprint density at radius 1 is 1.11 bits per heavy atom. The molecule has 1 N–H and O–H groups in total. The Morgan fingerprint density at radius 2 is 1.89 bits per heavy atom. The standard InChI is InChI=1S/C12H10Cl2N2O2S/c13-11-5-4-10(7-12(11)14)19(17,18)16-8-9-3-1-2-6-15-9/h1-7,16H,8H2. The van der Waals surface area contributed by atoms with Gasteiger partial charge in [0.1, 0.15) is 0 Å². The van der Waals surface area contributed by atoms with E-state index in [1.54, 1.807) is 24.4 Å². The monoisotopic (exact) mass is 316 g/mol. The highest BCUT2D eigenvalue weighted by atomic mass is 35.5. The van der Waals surface area contributed by atoms with E-state index in [0.717, 1.165) is 0 Å². The van der Waals surface area contributed by atoms with E-state index in [9.17, 15) is 8.42 Å². The average molecular weight is 317 g/mol. The van der Waals surface area contributed by atoms with Crippen molar-refractivity contribution < 1.29 is 8.42 Å². The summed E-state index contributed by atoms with van der Waals surface area (Å²) >= 11 is 11.5. The van der Waals surface area contributed by atoms with Gasteiger partial charge in [-0.25, -0.2) is 13.1 Å². The van der Waals surface area contributed by atoms with Crippen LogP contribution in [0.4, 0.5) is 0 Å². The van der Waals surface area contributed by atoms with Crippen molar-refractivity contribution in [2.45, 2.75) is 11.4 Å². The van der Waals surface area contributed by atoms with Gasteiger partial charge in [0.05, 0.1) is 27.2 Å². The second-order valence-corrected chi connectivity index (χ2v) is 6.30. The summed E-state index contributed by atoms with van der Waals surface area (Å²) in [5, 5.41) is 0.507. The third-order valence-electron chi connectivity index (χ3n) is 2.37. The van der Waals surface area contributed by atoms with Crippen LogP contribution in [-0.4, -0.2) is 13.4 Å². The SMILES string of the molecule is O=S(=O)(NCc1ccccn1)c1ccc(Cl)c(Cl)c1. The van der Waals surface area contributed by atoms with Crippen LogP contribution in [0.15, 0.2) is 47.5 Å². The number of halogens is 2. The molecule has 0 fully saturated rings. The predicted octanol–water partition coefficient (Wildman–Crippen LogP) is 2.87. The quantitative estimate of drug-likeness (QED) is 0.943. The minimum absolute atomic E-state index is 0.0674. The van der Waals surface area contributed by atoms with Gasteiger partial charge in [0.25, 0.3) is 0 Å². The van der Waals surface area contributed by atoms with Gasteiger partial charge in [-0.3, -0.25) is 4.98 Å². The van der Waals surface area contributed by atoms with Gasteiger partial charge in [-0.15, -0.1) is 0 Å². The maximum Gasteiger partial charge on any atom is 0.240 e. The summed E-state index contributed by atoms with van der Waals surface area (Å²) in [6.45, 7) is 0.115. The maximum absolute atomic E-state index is 12.0. The van der Waals surface area contributed by atoms with Crippen LogP contribution in [0.2, 0.25) is 10.0 Å². The minimum atomic E-state index is -3.63. The van der Waals surface area contributed by atoms with Crippen molar-refractivity contribution in [3.05, 3.63) is 58.3 Å². The molecule has 19 heavy (non-hydrogen) atoms. The Balaban J connectivity index is 2.16. The fourth-order valence-corrected chi connectivity index (χ4v) is 2.79. The van der Waals surface area contributed by atoms with Crippen LogP contribution < -0.4 is 4.72 Å². The highest BCUT2D eigenvalue weighted by molar-refractivity contribution is 7.89. The van der Waals surface area contributed by atoms with Crippen molar-refractivity contribution >= 4 is 33.2 Å². The molecule has 0 saturated heterocycles. The molecular weight excluding hydrogens is 307 g/mol. The van der Waals surface area contributed by atoms with Gasteiger partial charge >= 0.3 is 0 Å². The van der Waals surface area contributed by atoms with Gasteiger partial charge in [0, 0.05) is 6.20 Å². The van der Waals surface area contributed by atoms with Gasteiger partial charge in [-0.1, -0.05) is 29.3 Å². The van der Waals surface area contributed by atoms with Crippen molar-refractivity contribution in [1.82, 2.24) is 9.71 Å². The summed E-state index contributed by atoms with van der Waals surface area (Å²) in [4.78, 5) is 4.10. The molecule has 2 aromatic rings. The lowest BCUT2D eigenvalue weighted by Crippen LogP contribution is -2.23. The Bertz CT molecular complexity index is 675. The lowest BCUT2D eigenvalue weighted by Gasteiger charge is -2.07. The van der Waals surface area contributed by atoms with Crippen LogP contribution in [0.3, 0.4) is 0 Å². The third kappa shape index (κ3) is 3.67. The number of hydrogen-bond acceptors (Lipinski definition) is 3. The van der Waals surface area contributed by atoms with E-state index in [1.807, 2.05) is 0 Å². The third-order valence-corrected chi connectivity index (χ3v) is 4.51. The highest BCUT2D eigenvalue weighted by Gasteiger charge is 2.15. The molecule has 1 heterocycles.